The fourth-order valence-electron chi connectivity index (χ4n) is 1.67. The fourth-order valence-corrected chi connectivity index (χ4v) is 2.10. The molecule has 1 N–H and O–H groups in total. The number of carbonyl (C=O) groups is 1. The molecular formula is C13H17BrFNO2. The first-order chi connectivity index (χ1) is 8.43. The van der Waals surface area contributed by atoms with Crippen LogP contribution in [-0.4, -0.2) is 28.6 Å². The van der Waals surface area contributed by atoms with Crippen molar-refractivity contribution in [1.29, 1.82) is 0 Å². The summed E-state index contributed by atoms with van der Waals surface area (Å²) in [5.74, 6) is -1.16. The molecule has 1 atom stereocenters. The third kappa shape index (κ3) is 4.38. The Morgan fingerprint density at radius 3 is 2.72 bits per heavy atom. The summed E-state index contributed by atoms with van der Waals surface area (Å²) in [7, 11) is 0. The Balaban J connectivity index is 2.81. The third-order valence-electron chi connectivity index (χ3n) is 2.92. The number of halogens is 2. The van der Waals surface area contributed by atoms with E-state index in [0.717, 1.165) is 12.0 Å². The van der Waals surface area contributed by atoms with E-state index in [9.17, 15) is 9.18 Å². The number of hydrogen-bond donors (Lipinski definition) is 1. The fraction of sp³-hybridized carbons (Fsp3) is 0.462. The summed E-state index contributed by atoms with van der Waals surface area (Å²) in [6.07, 6.45) is 0.871. The maximum absolute atomic E-state index is 13.1. The van der Waals surface area contributed by atoms with Crippen LogP contribution >= 0.6 is 15.9 Å². The molecular weight excluding hydrogens is 301 g/mol. The van der Waals surface area contributed by atoms with E-state index in [0.29, 0.717) is 11.0 Å². The minimum Gasteiger partial charge on any atom is -0.480 e. The topological polar surface area (TPSA) is 40.5 Å². The van der Waals surface area contributed by atoms with E-state index in [2.05, 4.69) is 15.9 Å². The largest absolute Gasteiger partial charge is 0.480 e. The van der Waals surface area contributed by atoms with Crippen molar-refractivity contribution >= 4 is 21.9 Å². The number of benzene rings is 1. The molecule has 0 radical (unpaired) electrons. The van der Waals surface area contributed by atoms with Crippen LogP contribution in [0, 0.1) is 5.82 Å². The van der Waals surface area contributed by atoms with E-state index >= 15 is 0 Å². The Morgan fingerprint density at radius 2 is 2.22 bits per heavy atom. The van der Waals surface area contributed by atoms with Crippen molar-refractivity contribution in [3.63, 3.8) is 0 Å². The van der Waals surface area contributed by atoms with Crippen LogP contribution in [0.2, 0.25) is 0 Å². The lowest BCUT2D eigenvalue weighted by molar-refractivity contribution is -0.139. The molecule has 1 unspecified atom stereocenters. The van der Waals surface area contributed by atoms with E-state index < -0.39 is 5.97 Å². The standard InChI is InChI=1S/C13H17BrFNO2/c1-3-9(2)16(8-13(17)18)7-10-4-5-12(15)11(14)6-10/h4-6,9H,3,7-8H2,1-2H3,(H,17,18). The van der Waals surface area contributed by atoms with Gasteiger partial charge in [0.25, 0.3) is 0 Å². The zero-order chi connectivity index (χ0) is 13.7. The minimum atomic E-state index is -0.850. The summed E-state index contributed by atoms with van der Waals surface area (Å²) in [5, 5.41) is 8.89. The SMILES string of the molecule is CCC(C)N(CC(=O)O)Cc1ccc(F)c(Br)c1. The van der Waals surface area contributed by atoms with Crippen molar-refractivity contribution in [1.82, 2.24) is 4.90 Å². The van der Waals surface area contributed by atoms with Crippen molar-refractivity contribution in [2.45, 2.75) is 32.9 Å². The van der Waals surface area contributed by atoms with Gasteiger partial charge in [-0.2, -0.15) is 0 Å². The molecule has 0 aromatic heterocycles. The van der Waals surface area contributed by atoms with Gasteiger partial charge < -0.3 is 5.11 Å². The van der Waals surface area contributed by atoms with E-state index in [4.69, 9.17) is 5.11 Å². The van der Waals surface area contributed by atoms with Gasteiger partial charge in [0, 0.05) is 12.6 Å². The zero-order valence-corrected chi connectivity index (χ0v) is 12.1. The molecule has 0 heterocycles. The number of nitrogens with zero attached hydrogens (tertiary/aromatic N) is 1. The summed E-state index contributed by atoms with van der Waals surface area (Å²) < 4.78 is 13.5. The highest BCUT2D eigenvalue weighted by Gasteiger charge is 2.16. The molecule has 5 heteroatoms. The monoisotopic (exact) mass is 317 g/mol. The second kappa shape index (κ2) is 6.85. The second-order valence-corrected chi connectivity index (χ2v) is 5.16. The smallest absolute Gasteiger partial charge is 0.317 e. The van der Waals surface area contributed by atoms with Gasteiger partial charge in [0.15, 0.2) is 0 Å². The zero-order valence-electron chi connectivity index (χ0n) is 10.5. The molecule has 0 saturated heterocycles. The van der Waals surface area contributed by atoms with Crippen LogP contribution in [-0.2, 0) is 11.3 Å². The van der Waals surface area contributed by atoms with Gasteiger partial charge >= 0.3 is 5.97 Å². The van der Waals surface area contributed by atoms with E-state index in [1.165, 1.54) is 6.07 Å². The van der Waals surface area contributed by atoms with Gasteiger partial charge in [0.05, 0.1) is 11.0 Å². The molecule has 100 valence electrons. The Hall–Kier alpha value is -0.940. The average molecular weight is 318 g/mol. The molecule has 0 amide bonds. The highest BCUT2D eigenvalue weighted by Crippen LogP contribution is 2.19. The number of hydrogen-bond acceptors (Lipinski definition) is 2. The van der Waals surface area contributed by atoms with Crippen LogP contribution in [0.5, 0.6) is 0 Å². The Bertz CT molecular complexity index is 425. The first kappa shape index (κ1) is 15.1. The molecule has 0 saturated carbocycles. The minimum absolute atomic E-state index is 0.00992. The van der Waals surface area contributed by atoms with Crippen LogP contribution in [0.15, 0.2) is 22.7 Å². The third-order valence-corrected chi connectivity index (χ3v) is 3.53. The predicted octanol–water partition coefficient (Wildman–Crippen LogP) is 3.27. The predicted molar refractivity (Wildman–Crippen MR) is 71.9 cm³/mol. The number of aliphatic carboxylic acids is 1. The van der Waals surface area contributed by atoms with E-state index in [1.807, 2.05) is 18.7 Å². The molecule has 18 heavy (non-hydrogen) atoms. The maximum Gasteiger partial charge on any atom is 0.317 e. The second-order valence-electron chi connectivity index (χ2n) is 4.30. The van der Waals surface area contributed by atoms with Crippen LogP contribution in [0.25, 0.3) is 0 Å². The highest BCUT2D eigenvalue weighted by molar-refractivity contribution is 9.10. The Kier molecular flexibility index (Phi) is 5.75. The lowest BCUT2D eigenvalue weighted by Gasteiger charge is -2.26. The maximum atomic E-state index is 13.1. The number of carboxylic acid groups (broad SMARTS) is 1. The summed E-state index contributed by atoms with van der Waals surface area (Å²) in [4.78, 5) is 12.7. The number of carboxylic acids is 1. The van der Waals surface area contributed by atoms with E-state index in [-0.39, 0.29) is 18.4 Å². The van der Waals surface area contributed by atoms with Crippen molar-refractivity contribution < 1.29 is 14.3 Å². The molecule has 1 aromatic rings. The lowest BCUT2D eigenvalue weighted by atomic mass is 10.1. The summed E-state index contributed by atoms with van der Waals surface area (Å²) in [6, 6.07) is 4.92. The van der Waals surface area contributed by atoms with Gasteiger partial charge in [0.2, 0.25) is 0 Å². The summed E-state index contributed by atoms with van der Waals surface area (Å²) in [5.41, 5.74) is 0.893. The molecule has 0 aliphatic heterocycles. The number of rotatable bonds is 6. The van der Waals surface area contributed by atoms with Crippen molar-refractivity contribution in [3.05, 3.63) is 34.1 Å². The van der Waals surface area contributed by atoms with Gasteiger partial charge in [-0.3, -0.25) is 9.69 Å². The molecule has 0 aliphatic rings. The molecule has 3 nitrogen and oxygen atoms in total. The van der Waals surface area contributed by atoms with Crippen molar-refractivity contribution in [2.75, 3.05) is 6.54 Å². The molecule has 1 aromatic carbocycles. The molecule has 0 spiro atoms. The van der Waals surface area contributed by atoms with Gasteiger partial charge in [0.1, 0.15) is 5.82 Å². The normalized spacial score (nSPS) is 12.7. The average Bonchev–Trinajstić information content (AvgIpc) is 2.31. The van der Waals surface area contributed by atoms with Gasteiger partial charge in [-0.05, 0) is 47.0 Å². The molecule has 0 aliphatic carbocycles. The highest BCUT2D eigenvalue weighted by atomic mass is 79.9. The first-order valence-corrected chi connectivity index (χ1v) is 6.63. The van der Waals surface area contributed by atoms with Gasteiger partial charge in [-0.25, -0.2) is 4.39 Å². The molecule has 0 bridgehead atoms. The van der Waals surface area contributed by atoms with Crippen LogP contribution in [0.1, 0.15) is 25.8 Å². The van der Waals surface area contributed by atoms with Gasteiger partial charge in [-0.1, -0.05) is 13.0 Å². The first-order valence-electron chi connectivity index (χ1n) is 5.83. The van der Waals surface area contributed by atoms with Crippen LogP contribution in [0.4, 0.5) is 4.39 Å². The van der Waals surface area contributed by atoms with Gasteiger partial charge in [-0.15, -0.1) is 0 Å². The van der Waals surface area contributed by atoms with Crippen LogP contribution < -0.4 is 0 Å². The quantitative estimate of drug-likeness (QED) is 0.875. The van der Waals surface area contributed by atoms with Crippen molar-refractivity contribution in [2.24, 2.45) is 0 Å². The lowest BCUT2D eigenvalue weighted by Crippen LogP contribution is -2.36. The summed E-state index contributed by atoms with van der Waals surface area (Å²) in [6.45, 7) is 4.49. The van der Waals surface area contributed by atoms with Crippen molar-refractivity contribution in [3.8, 4) is 0 Å². The molecule has 1 rings (SSSR count). The summed E-state index contributed by atoms with van der Waals surface area (Å²) >= 11 is 3.13. The Morgan fingerprint density at radius 1 is 1.56 bits per heavy atom. The molecule has 0 fully saturated rings. The van der Waals surface area contributed by atoms with Crippen LogP contribution in [0.3, 0.4) is 0 Å². The van der Waals surface area contributed by atoms with E-state index in [1.54, 1.807) is 12.1 Å². The Labute approximate surface area is 115 Å².